The van der Waals surface area contributed by atoms with Gasteiger partial charge in [0.1, 0.15) is 0 Å². The maximum atomic E-state index is 3.82. The molecule has 1 heteroatoms. The zero-order valence-corrected chi connectivity index (χ0v) is 8.11. The first-order valence-electron chi connectivity index (χ1n) is 4.67. The standard InChI is InChI=1S/C8H15N.C2H6/c1-7(2)6-9-8-4-3-5-8;1-2/h8-9H,1,3-6H2,2H3;1-2H3. The molecule has 66 valence electrons. The third-order valence-electron chi connectivity index (χ3n) is 1.80. The van der Waals surface area contributed by atoms with E-state index in [-0.39, 0.29) is 0 Å². The van der Waals surface area contributed by atoms with Gasteiger partial charge < -0.3 is 5.32 Å². The molecular weight excluding hydrogens is 134 g/mol. The van der Waals surface area contributed by atoms with E-state index < -0.39 is 0 Å². The van der Waals surface area contributed by atoms with Gasteiger partial charge in [0.2, 0.25) is 0 Å². The Morgan fingerprint density at radius 1 is 1.45 bits per heavy atom. The van der Waals surface area contributed by atoms with Gasteiger partial charge in [-0.2, -0.15) is 0 Å². The Morgan fingerprint density at radius 3 is 2.27 bits per heavy atom. The maximum absolute atomic E-state index is 3.82. The lowest BCUT2D eigenvalue weighted by atomic mass is 9.93. The van der Waals surface area contributed by atoms with Crippen molar-refractivity contribution in [1.29, 1.82) is 0 Å². The molecule has 0 radical (unpaired) electrons. The molecule has 0 aromatic heterocycles. The van der Waals surface area contributed by atoms with E-state index in [1.165, 1.54) is 24.8 Å². The number of hydrogen-bond acceptors (Lipinski definition) is 1. The van der Waals surface area contributed by atoms with E-state index >= 15 is 0 Å². The van der Waals surface area contributed by atoms with Gasteiger partial charge in [0.25, 0.3) is 0 Å². The molecule has 0 atom stereocenters. The molecule has 0 saturated heterocycles. The first-order valence-corrected chi connectivity index (χ1v) is 4.67. The smallest absolute Gasteiger partial charge is 0.0161 e. The summed E-state index contributed by atoms with van der Waals surface area (Å²) in [5.41, 5.74) is 1.24. The van der Waals surface area contributed by atoms with E-state index in [9.17, 15) is 0 Å². The fraction of sp³-hybridized carbons (Fsp3) is 0.800. The van der Waals surface area contributed by atoms with Crippen LogP contribution >= 0.6 is 0 Å². The molecule has 0 aromatic carbocycles. The Labute approximate surface area is 70.9 Å². The summed E-state index contributed by atoms with van der Waals surface area (Å²) >= 11 is 0. The summed E-state index contributed by atoms with van der Waals surface area (Å²) < 4.78 is 0. The average Bonchev–Trinajstić information content (AvgIpc) is 1.88. The van der Waals surface area contributed by atoms with Crippen molar-refractivity contribution < 1.29 is 0 Å². The minimum Gasteiger partial charge on any atom is -0.310 e. The first-order chi connectivity index (χ1) is 5.29. The number of nitrogens with one attached hydrogen (secondary N) is 1. The Kier molecular flexibility index (Phi) is 6.24. The second kappa shape index (κ2) is 6.41. The second-order valence-corrected chi connectivity index (χ2v) is 2.97. The normalized spacial score (nSPS) is 16.3. The molecular formula is C10H21N. The molecule has 0 aliphatic heterocycles. The fourth-order valence-electron chi connectivity index (χ4n) is 0.931. The molecule has 0 bridgehead atoms. The molecule has 1 saturated carbocycles. The molecule has 0 heterocycles. The predicted octanol–water partition coefficient (Wildman–Crippen LogP) is 2.73. The highest BCUT2D eigenvalue weighted by atomic mass is 14.9. The minimum absolute atomic E-state index is 0.807. The first kappa shape index (κ1) is 10.7. The summed E-state index contributed by atoms with van der Waals surface area (Å²) in [6.45, 7) is 10.9. The largest absolute Gasteiger partial charge is 0.310 e. The van der Waals surface area contributed by atoms with Crippen molar-refractivity contribution in [2.24, 2.45) is 0 Å². The van der Waals surface area contributed by atoms with Gasteiger partial charge in [0.05, 0.1) is 0 Å². The molecule has 1 fully saturated rings. The van der Waals surface area contributed by atoms with Crippen molar-refractivity contribution in [3.05, 3.63) is 12.2 Å². The van der Waals surface area contributed by atoms with E-state index in [1.54, 1.807) is 0 Å². The van der Waals surface area contributed by atoms with Gasteiger partial charge in [0, 0.05) is 12.6 Å². The zero-order valence-electron chi connectivity index (χ0n) is 8.11. The summed E-state index contributed by atoms with van der Waals surface area (Å²) in [6.07, 6.45) is 4.15. The maximum Gasteiger partial charge on any atom is 0.0161 e. The van der Waals surface area contributed by atoms with Gasteiger partial charge in [-0.1, -0.05) is 32.4 Å². The van der Waals surface area contributed by atoms with Crippen LogP contribution in [0.3, 0.4) is 0 Å². The lowest BCUT2D eigenvalue weighted by molar-refractivity contribution is 0.349. The fourth-order valence-corrected chi connectivity index (χ4v) is 0.931. The summed E-state index contributed by atoms with van der Waals surface area (Å²) in [7, 11) is 0. The molecule has 1 nitrogen and oxygen atoms in total. The lowest BCUT2D eigenvalue weighted by Gasteiger charge is -2.26. The quantitative estimate of drug-likeness (QED) is 0.618. The summed E-state index contributed by atoms with van der Waals surface area (Å²) in [4.78, 5) is 0. The van der Waals surface area contributed by atoms with Crippen molar-refractivity contribution in [3.8, 4) is 0 Å². The van der Waals surface area contributed by atoms with E-state index in [2.05, 4.69) is 18.8 Å². The van der Waals surface area contributed by atoms with Crippen LogP contribution in [0.4, 0.5) is 0 Å². The highest BCUT2D eigenvalue weighted by Gasteiger charge is 2.15. The van der Waals surface area contributed by atoms with Crippen LogP contribution in [-0.2, 0) is 0 Å². The van der Waals surface area contributed by atoms with Crippen LogP contribution in [0.2, 0.25) is 0 Å². The van der Waals surface area contributed by atoms with Gasteiger partial charge in [-0.3, -0.25) is 0 Å². The molecule has 1 aliphatic carbocycles. The van der Waals surface area contributed by atoms with Crippen LogP contribution in [0.15, 0.2) is 12.2 Å². The van der Waals surface area contributed by atoms with Crippen LogP contribution in [0.1, 0.15) is 40.0 Å². The van der Waals surface area contributed by atoms with E-state index in [0.717, 1.165) is 12.6 Å². The van der Waals surface area contributed by atoms with E-state index in [4.69, 9.17) is 0 Å². The molecule has 0 unspecified atom stereocenters. The van der Waals surface area contributed by atoms with E-state index in [1.807, 2.05) is 13.8 Å². The lowest BCUT2D eigenvalue weighted by Crippen LogP contribution is -2.35. The molecule has 0 aromatic rings. The highest BCUT2D eigenvalue weighted by Crippen LogP contribution is 2.17. The number of hydrogen-bond donors (Lipinski definition) is 1. The Hall–Kier alpha value is -0.300. The molecule has 11 heavy (non-hydrogen) atoms. The molecule has 1 aliphatic rings. The van der Waals surface area contributed by atoms with Crippen LogP contribution in [0.25, 0.3) is 0 Å². The van der Waals surface area contributed by atoms with Crippen LogP contribution in [0.5, 0.6) is 0 Å². The predicted molar refractivity (Wildman–Crippen MR) is 51.8 cm³/mol. The van der Waals surface area contributed by atoms with Crippen LogP contribution in [0, 0.1) is 0 Å². The van der Waals surface area contributed by atoms with Gasteiger partial charge >= 0.3 is 0 Å². The highest BCUT2D eigenvalue weighted by molar-refractivity contribution is 4.92. The molecule has 0 amide bonds. The molecule has 1 N–H and O–H groups in total. The Balaban J connectivity index is 0.000000461. The molecule has 0 spiro atoms. The average molecular weight is 155 g/mol. The number of rotatable bonds is 3. The Morgan fingerprint density at radius 2 is 2.00 bits per heavy atom. The van der Waals surface area contributed by atoms with Gasteiger partial charge in [0.15, 0.2) is 0 Å². The van der Waals surface area contributed by atoms with Gasteiger partial charge in [-0.15, -0.1) is 0 Å². The second-order valence-electron chi connectivity index (χ2n) is 2.97. The third-order valence-corrected chi connectivity index (χ3v) is 1.80. The topological polar surface area (TPSA) is 12.0 Å². The van der Waals surface area contributed by atoms with Crippen molar-refractivity contribution in [2.75, 3.05) is 6.54 Å². The van der Waals surface area contributed by atoms with Crippen molar-refractivity contribution in [2.45, 2.75) is 46.1 Å². The van der Waals surface area contributed by atoms with Gasteiger partial charge in [-0.05, 0) is 19.8 Å². The Bertz CT molecular complexity index is 103. The summed E-state index contributed by atoms with van der Waals surface area (Å²) in [6, 6.07) is 0.807. The van der Waals surface area contributed by atoms with Gasteiger partial charge in [-0.25, -0.2) is 0 Å². The van der Waals surface area contributed by atoms with Crippen LogP contribution < -0.4 is 5.32 Å². The SMILES string of the molecule is C=C(C)CNC1CCC1.CC. The zero-order chi connectivity index (χ0) is 8.69. The van der Waals surface area contributed by atoms with E-state index in [0.29, 0.717) is 0 Å². The van der Waals surface area contributed by atoms with Crippen molar-refractivity contribution >= 4 is 0 Å². The summed E-state index contributed by atoms with van der Waals surface area (Å²) in [5, 5.41) is 3.42. The summed E-state index contributed by atoms with van der Waals surface area (Å²) in [5.74, 6) is 0. The van der Waals surface area contributed by atoms with Crippen LogP contribution in [-0.4, -0.2) is 12.6 Å². The van der Waals surface area contributed by atoms with Crippen molar-refractivity contribution in [3.63, 3.8) is 0 Å². The molecule has 1 rings (SSSR count). The van der Waals surface area contributed by atoms with Crippen molar-refractivity contribution in [1.82, 2.24) is 5.32 Å². The minimum atomic E-state index is 0.807. The monoisotopic (exact) mass is 155 g/mol. The third kappa shape index (κ3) is 5.02.